The lowest BCUT2D eigenvalue weighted by atomic mass is 10.1. The van der Waals surface area contributed by atoms with Crippen molar-refractivity contribution in [2.75, 3.05) is 6.61 Å². The van der Waals surface area contributed by atoms with Gasteiger partial charge in [-0.3, -0.25) is 4.79 Å². The van der Waals surface area contributed by atoms with Crippen molar-refractivity contribution in [3.63, 3.8) is 0 Å². The number of esters is 1. The van der Waals surface area contributed by atoms with Crippen LogP contribution in [0.3, 0.4) is 0 Å². The Bertz CT molecular complexity index is 666. The van der Waals surface area contributed by atoms with E-state index in [0.717, 1.165) is 11.1 Å². The third-order valence-electron chi connectivity index (χ3n) is 3.04. The molecule has 4 heteroatoms. The molecule has 0 heterocycles. The van der Waals surface area contributed by atoms with Gasteiger partial charge in [0, 0.05) is 5.56 Å². The van der Waals surface area contributed by atoms with Gasteiger partial charge in [0.2, 0.25) is 0 Å². The van der Waals surface area contributed by atoms with Crippen molar-refractivity contribution < 1.29 is 19.1 Å². The molecule has 0 fully saturated rings. The zero-order valence-corrected chi connectivity index (χ0v) is 12.9. The molecule has 0 aromatic heterocycles. The van der Waals surface area contributed by atoms with E-state index in [1.807, 2.05) is 32.0 Å². The zero-order chi connectivity index (χ0) is 16.1. The van der Waals surface area contributed by atoms with Gasteiger partial charge in [0.05, 0.1) is 0 Å². The fourth-order valence-corrected chi connectivity index (χ4v) is 2.08. The van der Waals surface area contributed by atoms with Gasteiger partial charge in [-0.25, -0.2) is 4.79 Å². The molecule has 0 aliphatic heterocycles. The molecule has 0 bridgehead atoms. The Morgan fingerprint density at radius 3 is 2.05 bits per heavy atom. The molecule has 4 nitrogen and oxygen atoms in total. The molecule has 0 amide bonds. The minimum atomic E-state index is -0.491. The van der Waals surface area contributed by atoms with Crippen molar-refractivity contribution in [1.82, 2.24) is 0 Å². The Balaban J connectivity index is 1.91. The number of rotatable bonds is 5. The van der Waals surface area contributed by atoms with Gasteiger partial charge in [0.15, 0.2) is 12.4 Å². The van der Waals surface area contributed by atoms with Gasteiger partial charge in [-0.15, -0.1) is 0 Å². The van der Waals surface area contributed by atoms with Crippen LogP contribution in [-0.2, 0) is 4.79 Å². The van der Waals surface area contributed by atoms with E-state index in [1.54, 1.807) is 24.3 Å². The van der Waals surface area contributed by atoms with E-state index < -0.39 is 5.97 Å². The van der Waals surface area contributed by atoms with Crippen molar-refractivity contribution in [2.45, 2.75) is 20.8 Å². The summed E-state index contributed by atoms with van der Waals surface area (Å²) < 4.78 is 10.6. The summed E-state index contributed by atoms with van der Waals surface area (Å²) >= 11 is 0. The molecule has 0 spiro atoms. The number of carbonyl (C=O) groups is 2. The van der Waals surface area contributed by atoms with E-state index in [-0.39, 0.29) is 12.4 Å². The number of hydrogen-bond acceptors (Lipinski definition) is 4. The van der Waals surface area contributed by atoms with Crippen molar-refractivity contribution >= 4 is 11.8 Å². The molecule has 0 saturated heterocycles. The second-order valence-electron chi connectivity index (χ2n) is 5.17. The molecule has 2 aromatic carbocycles. The van der Waals surface area contributed by atoms with Crippen LogP contribution in [0.25, 0.3) is 0 Å². The van der Waals surface area contributed by atoms with Gasteiger partial charge in [0.25, 0.3) is 0 Å². The molecule has 0 radical (unpaired) electrons. The van der Waals surface area contributed by atoms with E-state index in [4.69, 9.17) is 9.47 Å². The number of aryl methyl sites for hydroxylation is 2. The molecule has 0 aliphatic carbocycles. The van der Waals surface area contributed by atoms with Gasteiger partial charge in [-0.05, 0) is 68.3 Å². The van der Waals surface area contributed by atoms with E-state index in [2.05, 4.69) is 0 Å². The van der Waals surface area contributed by atoms with E-state index in [1.165, 1.54) is 6.92 Å². The number of ketones is 1. The standard InChI is InChI=1S/C18H18O4/c1-12-8-13(2)10-17(9-12)21-11-18(20)22-16-6-4-15(5-7-16)14(3)19/h4-10H,11H2,1-3H3. The maximum Gasteiger partial charge on any atom is 0.349 e. The van der Waals surface area contributed by atoms with Crippen LogP contribution in [-0.4, -0.2) is 18.4 Å². The van der Waals surface area contributed by atoms with E-state index in [0.29, 0.717) is 17.1 Å². The lowest BCUT2D eigenvalue weighted by Crippen LogP contribution is -2.17. The summed E-state index contributed by atoms with van der Waals surface area (Å²) in [7, 11) is 0. The van der Waals surface area contributed by atoms with Crippen LogP contribution in [0, 0.1) is 13.8 Å². The van der Waals surface area contributed by atoms with Crippen molar-refractivity contribution in [3.8, 4) is 11.5 Å². The highest BCUT2D eigenvalue weighted by atomic mass is 16.6. The van der Waals surface area contributed by atoms with Crippen LogP contribution >= 0.6 is 0 Å². The summed E-state index contributed by atoms with van der Waals surface area (Å²) in [4.78, 5) is 22.9. The lowest BCUT2D eigenvalue weighted by Gasteiger charge is -2.08. The van der Waals surface area contributed by atoms with Crippen LogP contribution < -0.4 is 9.47 Å². The third-order valence-corrected chi connectivity index (χ3v) is 3.04. The third kappa shape index (κ3) is 4.45. The highest BCUT2D eigenvalue weighted by molar-refractivity contribution is 5.94. The maximum absolute atomic E-state index is 11.8. The fourth-order valence-electron chi connectivity index (χ4n) is 2.08. The Labute approximate surface area is 129 Å². The largest absolute Gasteiger partial charge is 0.482 e. The van der Waals surface area contributed by atoms with Gasteiger partial charge in [0.1, 0.15) is 11.5 Å². The monoisotopic (exact) mass is 298 g/mol. The van der Waals surface area contributed by atoms with Gasteiger partial charge < -0.3 is 9.47 Å². The van der Waals surface area contributed by atoms with Gasteiger partial charge >= 0.3 is 5.97 Å². The highest BCUT2D eigenvalue weighted by Gasteiger charge is 2.07. The quantitative estimate of drug-likeness (QED) is 0.481. The fraction of sp³-hybridized carbons (Fsp3) is 0.222. The Morgan fingerprint density at radius 1 is 0.909 bits per heavy atom. The van der Waals surface area contributed by atoms with Crippen LogP contribution in [0.5, 0.6) is 11.5 Å². The second-order valence-corrected chi connectivity index (χ2v) is 5.17. The molecule has 2 aromatic rings. The Hall–Kier alpha value is -2.62. The Morgan fingerprint density at radius 2 is 1.50 bits per heavy atom. The first-order chi connectivity index (χ1) is 10.4. The average molecular weight is 298 g/mol. The summed E-state index contributed by atoms with van der Waals surface area (Å²) in [6.07, 6.45) is 0. The van der Waals surface area contributed by atoms with Crippen LogP contribution in [0.4, 0.5) is 0 Å². The number of benzene rings is 2. The minimum absolute atomic E-state index is 0.0315. The molecular weight excluding hydrogens is 280 g/mol. The van der Waals surface area contributed by atoms with Crippen LogP contribution in [0.1, 0.15) is 28.4 Å². The van der Waals surface area contributed by atoms with Crippen LogP contribution in [0.15, 0.2) is 42.5 Å². The molecule has 0 aliphatic rings. The lowest BCUT2D eigenvalue weighted by molar-refractivity contribution is -0.136. The normalized spacial score (nSPS) is 10.1. The van der Waals surface area contributed by atoms with Gasteiger partial charge in [-0.2, -0.15) is 0 Å². The predicted molar refractivity (Wildman–Crippen MR) is 83.5 cm³/mol. The summed E-state index contributed by atoms with van der Waals surface area (Å²) in [6.45, 7) is 5.25. The Kier molecular flexibility index (Phi) is 4.94. The van der Waals surface area contributed by atoms with Crippen molar-refractivity contribution in [3.05, 3.63) is 59.2 Å². The maximum atomic E-state index is 11.8. The topological polar surface area (TPSA) is 52.6 Å². The molecule has 22 heavy (non-hydrogen) atoms. The molecule has 114 valence electrons. The SMILES string of the molecule is CC(=O)c1ccc(OC(=O)COc2cc(C)cc(C)c2)cc1. The second kappa shape index (κ2) is 6.89. The van der Waals surface area contributed by atoms with E-state index >= 15 is 0 Å². The minimum Gasteiger partial charge on any atom is -0.482 e. The van der Waals surface area contributed by atoms with E-state index in [9.17, 15) is 9.59 Å². The molecule has 0 N–H and O–H groups in total. The summed E-state index contributed by atoms with van der Waals surface area (Å²) in [5.74, 6) is 0.506. The zero-order valence-electron chi connectivity index (χ0n) is 12.9. The summed E-state index contributed by atoms with van der Waals surface area (Å²) in [6, 6.07) is 12.2. The van der Waals surface area contributed by atoms with Crippen molar-refractivity contribution in [2.24, 2.45) is 0 Å². The first kappa shape index (κ1) is 15.8. The van der Waals surface area contributed by atoms with Crippen LogP contribution in [0.2, 0.25) is 0 Å². The first-order valence-corrected chi connectivity index (χ1v) is 6.97. The summed E-state index contributed by atoms with van der Waals surface area (Å²) in [5.41, 5.74) is 2.72. The highest BCUT2D eigenvalue weighted by Crippen LogP contribution is 2.17. The first-order valence-electron chi connectivity index (χ1n) is 6.97. The molecule has 0 atom stereocenters. The average Bonchev–Trinajstić information content (AvgIpc) is 2.45. The smallest absolute Gasteiger partial charge is 0.349 e. The number of ether oxygens (including phenoxy) is 2. The van der Waals surface area contributed by atoms with Crippen molar-refractivity contribution in [1.29, 1.82) is 0 Å². The molecular formula is C18H18O4. The predicted octanol–water partition coefficient (Wildman–Crippen LogP) is 3.49. The molecule has 0 unspecified atom stereocenters. The molecule has 0 saturated carbocycles. The molecule has 2 rings (SSSR count). The number of hydrogen-bond donors (Lipinski definition) is 0. The number of Topliss-reactive ketones (excluding diaryl/α,β-unsaturated/α-hetero) is 1. The summed E-state index contributed by atoms with van der Waals surface area (Å²) in [5, 5.41) is 0. The number of carbonyl (C=O) groups excluding carboxylic acids is 2. The van der Waals surface area contributed by atoms with Gasteiger partial charge in [-0.1, -0.05) is 6.07 Å².